The SMILES string of the molecule is C[C@@H](N)C(=O)c1ccc(O)cc1. The minimum Gasteiger partial charge on any atom is -0.508 e. The first-order valence-corrected chi connectivity index (χ1v) is 3.70. The molecule has 1 aromatic rings. The van der Waals surface area contributed by atoms with E-state index in [1.807, 2.05) is 0 Å². The Labute approximate surface area is 70.8 Å². The van der Waals surface area contributed by atoms with Crippen LogP contribution >= 0.6 is 0 Å². The van der Waals surface area contributed by atoms with Crippen molar-refractivity contribution < 1.29 is 9.90 Å². The molecule has 0 unspecified atom stereocenters. The molecule has 0 saturated heterocycles. The van der Waals surface area contributed by atoms with Gasteiger partial charge in [0.2, 0.25) is 0 Å². The number of phenolic OH excluding ortho intramolecular Hbond substituents is 1. The standard InChI is InChI=1S/C9H11NO2/c1-6(10)9(12)7-2-4-8(11)5-3-7/h2-6,11H,10H2,1H3/t6-/m1/s1. The normalized spacial score (nSPS) is 12.5. The molecule has 0 fully saturated rings. The highest BCUT2D eigenvalue weighted by Gasteiger charge is 2.09. The summed E-state index contributed by atoms with van der Waals surface area (Å²) in [7, 11) is 0. The van der Waals surface area contributed by atoms with Gasteiger partial charge in [-0.3, -0.25) is 4.79 Å². The van der Waals surface area contributed by atoms with Crippen LogP contribution in [0.15, 0.2) is 24.3 Å². The van der Waals surface area contributed by atoms with Crippen LogP contribution < -0.4 is 5.73 Å². The van der Waals surface area contributed by atoms with Crippen molar-refractivity contribution in [2.45, 2.75) is 13.0 Å². The quantitative estimate of drug-likeness (QED) is 0.640. The molecular formula is C9H11NO2. The van der Waals surface area contributed by atoms with E-state index in [1.54, 1.807) is 19.1 Å². The van der Waals surface area contributed by atoms with Gasteiger partial charge in [0.05, 0.1) is 6.04 Å². The van der Waals surface area contributed by atoms with Crippen molar-refractivity contribution in [3.05, 3.63) is 29.8 Å². The second-order valence-corrected chi connectivity index (χ2v) is 2.70. The second-order valence-electron chi connectivity index (χ2n) is 2.70. The van der Waals surface area contributed by atoms with Crippen LogP contribution in [0.4, 0.5) is 0 Å². The molecule has 0 bridgehead atoms. The maximum atomic E-state index is 11.2. The van der Waals surface area contributed by atoms with Gasteiger partial charge in [-0.05, 0) is 31.2 Å². The molecule has 1 atom stereocenters. The van der Waals surface area contributed by atoms with E-state index >= 15 is 0 Å². The Balaban J connectivity index is 2.90. The van der Waals surface area contributed by atoms with E-state index in [1.165, 1.54) is 12.1 Å². The zero-order valence-corrected chi connectivity index (χ0v) is 6.82. The number of hydrogen-bond acceptors (Lipinski definition) is 3. The van der Waals surface area contributed by atoms with Crippen molar-refractivity contribution in [2.24, 2.45) is 5.73 Å². The fourth-order valence-corrected chi connectivity index (χ4v) is 0.889. The maximum Gasteiger partial charge on any atom is 0.179 e. The molecule has 1 aromatic carbocycles. The van der Waals surface area contributed by atoms with Crippen LogP contribution in [-0.4, -0.2) is 16.9 Å². The molecular weight excluding hydrogens is 154 g/mol. The van der Waals surface area contributed by atoms with E-state index < -0.39 is 6.04 Å². The molecule has 3 heteroatoms. The first kappa shape index (κ1) is 8.74. The number of hydrogen-bond donors (Lipinski definition) is 2. The van der Waals surface area contributed by atoms with Crippen molar-refractivity contribution in [3.63, 3.8) is 0 Å². The van der Waals surface area contributed by atoms with Gasteiger partial charge in [0.15, 0.2) is 5.78 Å². The summed E-state index contributed by atoms with van der Waals surface area (Å²) in [5, 5.41) is 8.93. The van der Waals surface area contributed by atoms with Crippen LogP contribution in [0, 0.1) is 0 Å². The summed E-state index contributed by atoms with van der Waals surface area (Å²) in [6, 6.07) is 5.56. The summed E-state index contributed by atoms with van der Waals surface area (Å²) in [5.74, 6) is 0.0335. The molecule has 0 amide bonds. The van der Waals surface area contributed by atoms with Crippen LogP contribution in [-0.2, 0) is 0 Å². The summed E-state index contributed by atoms with van der Waals surface area (Å²) in [6.07, 6.45) is 0. The fraction of sp³-hybridized carbons (Fsp3) is 0.222. The third-order valence-corrected chi connectivity index (χ3v) is 1.57. The first-order chi connectivity index (χ1) is 5.61. The van der Waals surface area contributed by atoms with E-state index in [0.717, 1.165) is 0 Å². The number of Topliss-reactive ketones (excluding diaryl/α,β-unsaturated/α-hetero) is 1. The van der Waals surface area contributed by atoms with Crippen molar-refractivity contribution >= 4 is 5.78 Å². The minimum atomic E-state index is -0.491. The predicted molar refractivity (Wildman–Crippen MR) is 46.1 cm³/mol. The highest BCUT2D eigenvalue weighted by atomic mass is 16.3. The number of aromatic hydroxyl groups is 1. The average molecular weight is 165 g/mol. The largest absolute Gasteiger partial charge is 0.508 e. The Morgan fingerprint density at radius 2 is 1.92 bits per heavy atom. The molecule has 0 aliphatic heterocycles. The lowest BCUT2D eigenvalue weighted by atomic mass is 10.1. The number of carbonyl (C=O) groups is 1. The number of benzene rings is 1. The Hall–Kier alpha value is -1.35. The van der Waals surface area contributed by atoms with Crippen LogP contribution in [0.25, 0.3) is 0 Å². The Bertz CT molecular complexity index is 277. The first-order valence-electron chi connectivity index (χ1n) is 3.70. The lowest BCUT2D eigenvalue weighted by Gasteiger charge is -2.03. The van der Waals surface area contributed by atoms with E-state index in [9.17, 15) is 4.79 Å². The van der Waals surface area contributed by atoms with Crippen molar-refractivity contribution in [3.8, 4) is 5.75 Å². The number of carbonyl (C=O) groups excluding carboxylic acids is 1. The fourth-order valence-electron chi connectivity index (χ4n) is 0.889. The molecule has 0 saturated carbocycles. The molecule has 0 aromatic heterocycles. The van der Waals surface area contributed by atoms with Crippen LogP contribution in [0.1, 0.15) is 17.3 Å². The number of ketones is 1. The van der Waals surface area contributed by atoms with E-state index in [0.29, 0.717) is 5.56 Å². The van der Waals surface area contributed by atoms with Gasteiger partial charge in [-0.15, -0.1) is 0 Å². The number of phenols is 1. The lowest BCUT2D eigenvalue weighted by Crippen LogP contribution is -2.26. The summed E-state index contributed by atoms with van der Waals surface area (Å²) in [4.78, 5) is 11.2. The Morgan fingerprint density at radius 1 is 1.42 bits per heavy atom. The van der Waals surface area contributed by atoms with Gasteiger partial charge in [-0.2, -0.15) is 0 Å². The third kappa shape index (κ3) is 1.83. The predicted octanol–water partition coefficient (Wildman–Crippen LogP) is 0.922. The van der Waals surface area contributed by atoms with Gasteiger partial charge in [0, 0.05) is 5.56 Å². The van der Waals surface area contributed by atoms with Crippen molar-refractivity contribution in [1.29, 1.82) is 0 Å². The van der Waals surface area contributed by atoms with Gasteiger partial charge < -0.3 is 10.8 Å². The Morgan fingerprint density at radius 3 is 2.33 bits per heavy atom. The van der Waals surface area contributed by atoms with Crippen LogP contribution in [0.3, 0.4) is 0 Å². The zero-order valence-electron chi connectivity index (χ0n) is 6.82. The van der Waals surface area contributed by atoms with E-state index in [2.05, 4.69) is 0 Å². The molecule has 1 rings (SSSR count). The topological polar surface area (TPSA) is 63.3 Å². The molecule has 0 radical (unpaired) electrons. The highest BCUT2D eigenvalue weighted by molar-refractivity contribution is 5.99. The van der Waals surface area contributed by atoms with Gasteiger partial charge >= 0.3 is 0 Å². The molecule has 12 heavy (non-hydrogen) atoms. The zero-order chi connectivity index (χ0) is 9.14. The van der Waals surface area contributed by atoms with Crippen LogP contribution in [0.5, 0.6) is 5.75 Å². The number of nitrogens with two attached hydrogens (primary N) is 1. The molecule has 64 valence electrons. The third-order valence-electron chi connectivity index (χ3n) is 1.57. The summed E-state index contributed by atoms with van der Waals surface area (Å²) < 4.78 is 0. The van der Waals surface area contributed by atoms with Crippen LogP contribution in [0.2, 0.25) is 0 Å². The second kappa shape index (κ2) is 3.36. The van der Waals surface area contributed by atoms with Gasteiger partial charge in [0.25, 0.3) is 0 Å². The summed E-state index contributed by atoms with van der Waals surface area (Å²) in [5.41, 5.74) is 5.92. The van der Waals surface area contributed by atoms with Crippen molar-refractivity contribution in [1.82, 2.24) is 0 Å². The molecule has 3 N–H and O–H groups in total. The monoisotopic (exact) mass is 165 g/mol. The smallest absolute Gasteiger partial charge is 0.179 e. The summed E-state index contributed by atoms with van der Waals surface area (Å²) in [6.45, 7) is 1.63. The molecule has 3 nitrogen and oxygen atoms in total. The molecule has 0 spiro atoms. The van der Waals surface area contributed by atoms with Gasteiger partial charge in [-0.1, -0.05) is 0 Å². The van der Waals surface area contributed by atoms with E-state index in [-0.39, 0.29) is 11.5 Å². The molecule has 0 heterocycles. The number of rotatable bonds is 2. The van der Waals surface area contributed by atoms with E-state index in [4.69, 9.17) is 10.8 Å². The lowest BCUT2D eigenvalue weighted by molar-refractivity contribution is 0.0968. The maximum absolute atomic E-state index is 11.2. The highest BCUT2D eigenvalue weighted by Crippen LogP contribution is 2.10. The minimum absolute atomic E-state index is 0.116. The molecule has 0 aliphatic rings. The summed E-state index contributed by atoms with van der Waals surface area (Å²) >= 11 is 0. The molecule has 0 aliphatic carbocycles. The van der Waals surface area contributed by atoms with Crippen molar-refractivity contribution in [2.75, 3.05) is 0 Å². The Kier molecular flexibility index (Phi) is 2.45. The van der Waals surface area contributed by atoms with Gasteiger partial charge in [-0.25, -0.2) is 0 Å². The van der Waals surface area contributed by atoms with Gasteiger partial charge in [0.1, 0.15) is 5.75 Å². The average Bonchev–Trinajstić information content (AvgIpc) is 2.04.